The van der Waals surface area contributed by atoms with Crippen molar-refractivity contribution >= 4 is 29.8 Å². The summed E-state index contributed by atoms with van der Waals surface area (Å²) in [5.41, 5.74) is 4.66. The standard InChI is InChI=1S/C28H29ClN4O7/c1-4-38-23-13-18(26-25(27(35)37-3)16(2)31-28(36)32-26)8-10-22(23)39-15-24(34)33-30-14-20-9-11-21(40-20)17-6-5-7-19(29)12-17/h5-14,24,26,33-34H,4,15H2,1-3H3,(H2,31,32,36)/b30-14-/t24-,26+/m1/s1. The summed E-state index contributed by atoms with van der Waals surface area (Å²) in [7, 11) is 1.27. The van der Waals surface area contributed by atoms with Crippen LogP contribution in [0.15, 0.2) is 75.4 Å². The van der Waals surface area contributed by atoms with E-state index in [1.807, 2.05) is 19.1 Å². The first-order chi connectivity index (χ1) is 19.3. The third kappa shape index (κ3) is 6.93. The maximum Gasteiger partial charge on any atom is 0.337 e. The largest absolute Gasteiger partial charge is 0.490 e. The van der Waals surface area contributed by atoms with E-state index >= 15 is 0 Å². The van der Waals surface area contributed by atoms with Gasteiger partial charge in [0.15, 0.2) is 17.7 Å². The molecule has 3 aromatic rings. The smallest absolute Gasteiger partial charge is 0.337 e. The molecule has 210 valence electrons. The van der Waals surface area contributed by atoms with Gasteiger partial charge in [-0.2, -0.15) is 5.10 Å². The Kier molecular flexibility index (Phi) is 9.31. The monoisotopic (exact) mass is 568 g/mol. The number of aliphatic hydroxyl groups is 1. The number of amides is 2. The zero-order valence-corrected chi connectivity index (χ0v) is 22.8. The molecule has 0 spiro atoms. The van der Waals surface area contributed by atoms with Crippen molar-refractivity contribution in [3.05, 3.63) is 82.2 Å². The Labute approximate surface area is 235 Å². The second kappa shape index (κ2) is 13.0. The van der Waals surface area contributed by atoms with E-state index in [0.717, 1.165) is 5.56 Å². The fourth-order valence-corrected chi connectivity index (χ4v) is 4.22. The Balaban J connectivity index is 1.39. The fraction of sp³-hybridized carbons (Fsp3) is 0.250. The molecular weight excluding hydrogens is 540 g/mol. The predicted octanol–water partition coefficient (Wildman–Crippen LogP) is 4.12. The van der Waals surface area contributed by atoms with Crippen molar-refractivity contribution in [2.75, 3.05) is 20.3 Å². The number of benzene rings is 2. The number of urea groups is 1. The van der Waals surface area contributed by atoms with E-state index in [1.165, 1.54) is 13.3 Å². The van der Waals surface area contributed by atoms with Crippen LogP contribution in [-0.2, 0) is 9.53 Å². The fourth-order valence-electron chi connectivity index (χ4n) is 4.03. The minimum absolute atomic E-state index is 0.154. The van der Waals surface area contributed by atoms with Crippen molar-refractivity contribution in [1.82, 2.24) is 16.1 Å². The average Bonchev–Trinajstić information content (AvgIpc) is 3.41. The van der Waals surface area contributed by atoms with E-state index in [2.05, 4.69) is 21.2 Å². The highest BCUT2D eigenvalue weighted by atomic mass is 35.5. The molecule has 0 saturated carbocycles. The van der Waals surface area contributed by atoms with Gasteiger partial charge in [-0.05, 0) is 55.8 Å². The predicted molar refractivity (Wildman–Crippen MR) is 148 cm³/mol. The molecule has 40 heavy (non-hydrogen) atoms. The van der Waals surface area contributed by atoms with Crippen LogP contribution < -0.4 is 25.5 Å². The molecule has 12 heteroatoms. The number of nitrogens with one attached hydrogen (secondary N) is 3. The number of hydrazone groups is 1. The number of rotatable bonds is 11. The van der Waals surface area contributed by atoms with Crippen LogP contribution in [-0.4, -0.2) is 49.9 Å². The van der Waals surface area contributed by atoms with Crippen molar-refractivity contribution in [3.8, 4) is 22.8 Å². The van der Waals surface area contributed by atoms with Gasteiger partial charge in [-0.25, -0.2) is 9.59 Å². The normalized spacial score (nSPS) is 15.8. The average molecular weight is 569 g/mol. The maximum atomic E-state index is 12.4. The Morgan fingerprint density at radius 2 is 2.02 bits per heavy atom. The molecule has 0 unspecified atom stereocenters. The number of allylic oxidation sites excluding steroid dienone is 1. The summed E-state index contributed by atoms with van der Waals surface area (Å²) in [6.45, 7) is 3.62. The maximum absolute atomic E-state index is 12.4. The molecule has 0 fully saturated rings. The van der Waals surface area contributed by atoms with Crippen LogP contribution in [0.3, 0.4) is 0 Å². The summed E-state index contributed by atoms with van der Waals surface area (Å²) in [6.07, 6.45) is 0.285. The third-order valence-electron chi connectivity index (χ3n) is 5.82. The van der Waals surface area contributed by atoms with Crippen LogP contribution in [0.4, 0.5) is 4.79 Å². The van der Waals surface area contributed by atoms with Gasteiger partial charge in [-0.1, -0.05) is 29.8 Å². The van der Waals surface area contributed by atoms with E-state index in [9.17, 15) is 14.7 Å². The molecule has 1 aromatic heterocycles. The number of furan rings is 1. The van der Waals surface area contributed by atoms with Crippen molar-refractivity contribution in [2.24, 2.45) is 5.10 Å². The molecule has 1 aliphatic rings. The number of halogens is 1. The van der Waals surface area contributed by atoms with Crippen LogP contribution >= 0.6 is 11.6 Å². The van der Waals surface area contributed by atoms with Gasteiger partial charge in [0.25, 0.3) is 0 Å². The number of nitrogens with zero attached hydrogens (tertiary/aromatic N) is 1. The highest BCUT2D eigenvalue weighted by Gasteiger charge is 2.32. The Bertz CT molecular complexity index is 1440. The minimum Gasteiger partial charge on any atom is -0.490 e. The summed E-state index contributed by atoms with van der Waals surface area (Å²) >= 11 is 6.04. The van der Waals surface area contributed by atoms with Crippen LogP contribution in [0.1, 0.15) is 31.2 Å². The van der Waals surface area contributed by atoms with Crippen LogP contribution in [0.5, 0.6) is 11.5 Å². The summed E-state index contributed by atoms with van der Waals surface area (Å²) in [5.74, 6) is 1.26. The number of esters is 1. The molecule has 4 N–H and O–H groups in total. The van der Waals surface area contributed by atoms with E-state index in [0.29, 0.717) is 45.9 Å². The minimum atomic E-state index is -1.15. The summed E-state index contributed by atoms with van der Waals surface area (Å²) in [4.78, 5) is 24.5. The third-order valence-corrected chi connectivity index (χ3v) is 6.06. The Hall–Kier alpha value is -4.48. The summed E-state index contributed by atoms with van der Waals surface area (Å²) in [6, 6.07) is 14.6. The van der Waals surface area contributed by atoms with Crippen molar-refractivity contribution < 1.29 is 33.3 Å². The summed E-state index contributed by atoms with van der Waals surface area (Å²) < 4.78 is 22.1. The van der Waals surface area contributed by atoms with Gasteiger partial charge in [0.2, 0.25) is 0 Å². The van der Waals surface area contributed by atoms with Crippen LogP contribution in [0.25, 0.3) is 11.3 Å². The molecule has 0 saturated heterocycles. The lowest BCUT2D eigenvalue weighted by atomic mass is 9.95. The molecule has 2 amide bonds. The lowest BCUT2D eigenvalue weighted by Crippen LogP contribution is -2.45. The molecule has 2 aromatic carbocycles. The molecule has 11 nitrogen and oxygen atoms in total. The molecule has 4 rings (SSSR count). The molecule has 1 aliphatic heterocycles. The second-order valence-electron chi connectivity index (χ2n) is 8.63. The quantitative estimate of drug-likeness (QED) is 0.117. The van der Waals surface area contributed by atoms with E-state index in [-0.39, 0.29) is 12.2 Å². The number of ether oxygens (including phenoxy) is 3. The first-order valence-corrected chi connectivity index (χ1v) is 12.8. The van der Waals surface area contributed by atoms with Gasteiger partial charge in [-0.15, -0.1) is 0 Å². The first kappa shape index (κ1) is 28.5. The topological polar surface area (TPSA) is 144 Å². The SMILES string of the molecule is CCOc1cc([C@@H]2NC(=O)NC(C)=C2C(=O)OC)ccc1OC[C@@H](O)N/N=C\c1ccc(-c2cccc(Cl)c2)o1. The van der Waals surface area contributed by atoms with Crippen molar-refractivity contribution in [2.45, 2.75) is 26.1 Å². The van der Waals surface area contributed by atoms with Gasteiger partial charge in [0.1, 0.15) is 18.1 Å². The molecule has 0 aliphatic carbocycles. The Morgan fingerprint density at radius 3 is 2.77 bits per heavy atom. The van der Waals surface area contributed by atoms with E-state index in [1.54, 1.807) is 49.4 Å². The molecule has 2 heterocycles. The number of aliphatic hydroxyl groups excluding tert-OH is 1. The van der Waals surface area contributed by atoms with Gasteiger partial charge >= 0.3 is 12.0 Å². The van der Waals surface area contributed by atoms with Crippen LogP contribution in [0, 0.1) is 0 Å². The lowest BCUT2D eigenvalue weighted by Gasteiger charge is -2.28. The number of methoxy groups -OCH3 is 1. The zero-order chi connectivity index (χ0) is 28.6. The van der Waals surface area contributed by atoms with Crippen molar-refractivity contribution in [1.29, 1.82) is 0 Å². The van der Waals surface area contributed by atoms with E-state index in [4.69, 9.17) is 30.2 Å². The summed E-state index contributed by atoms with van der Waals surface area (Å²) in [5, 5.41) is 20.2. The number of hydrogen-bond acceptors (Lipinski definition) is 9. The number of hydrogen-bond donors (Lipinski definition) is 4. The zero-order valence-electron chi connectivity index (χ0n) is 22.1. The second-order valence-corrected chi connectivity index (χ2v) is 9.06. The first-order valence-electron chi connectivity index (χ1n) is 12.4. The van der Waals surface area contributed by atoms with Gasteiger partial charge < -0.3 is 34.4 Å². The molecular formula is C28H29ClN4O7. The lowest BCUT2D eigenvalue weighted by molar-refractivity contribution is -0.136. The highest BCUT2D eigenvalue weighted by Crippen LogP contribution is 2.35. The van der Waals surface area contributed by atoms with Gasteiger partial charge in [-0.3, -0.25) is 5.43 Å². The van der Waals surface area contributed by atoms with Crippen molar-refractivity contribution in [3.63, 3.8) is 0 Å². The molecule has 2 atom stereocenters. The number of carbonyl (C=O) groups is 2. The van der Waals surface area contributed by atoms with Gasteiger partial charge in [0, 0.05) is 16.3 Å². The highest BCUT2D eigenvalue weighted by molar-refractivity contribution is 6.30. The molecule has 0 bridgehead atoms. The van der Waals surface area contributed by atoms with Gasteiger partial charge in [0.05, 0.1) is 31.5 Å². The van der Waals surface area contributed by atoms with E-state index < -0.39 is 24.3 Å². The molecule has 0 radical (unpaired) electrons. The Morgan fingerprint density at radius 1 is 1.20 bits per heavy atom. The number of carbonyl (C=O) groups excluding carboxylic acids is 2. The van der Waals surface area contributed by atoms with Crippen LogP contribution in [0.2, 0.25) is 5.02 Å².